The van der Waals surface area contributed by atoms with Gasteiger partial charge in [0, 0.05) is 5.88 Å². The van der Waals surface area contributed by atoms with Crippen molar-refractivity contribution >= 4 is 33.3 Å². The van der Waals surface area contributed by atoms with Crippen LogP contribution in [-0.2, 0) is 16.9 Å². The monoisotopic (exact) mass is 328 g/mol. The number of alkyl halides is 5. The van der Waals surface area contributed by atoms with E-state index >= 15 is 0 Å². The summed E-state index contributed by atoms with van der Waals surface area (Å²) < 4.78 is 38.4. The highest BCUT2D eigenvalue weighted by Gasteiger charge is 2.35. The largest absolute Gasteiger partial charge is 0.416 e. The summed E-state index contributed by atoms with van der Waals surface area (Å²) in [5.41, 5.74) is -0.544. The van der Waals surface area contributed by atoms with E-state index in [0.717, 1.165) is 6.07 Å². The summed E-state index contributed by atoms with van der Waals surface area (Å²) >= 11 is 8.46. The summed E-state index contributed by atoms with van der Waals surface area (Å²) in [5.74, 6) is -0.384. The Balaban J connectivity index is 3.35. The van der Waals surface area contributed by atoms with Gasteiger partial charge in [0.15, 0.2) is 0 Å². The maximum Gasteiger partial charge on any atom is 0.416 e. The van der Waals surface area contributed by atoms with Crippen LogP contribution in [0.15, 0.2) is 18.2 Å². The zero-order valence-corrected chi connectivity index (χ0v) is 11.2. The number of Topliss-reactive ketones (excluding diaryl/α,β-unsaturated/α-hetero) is 1. The molecule has 0 aliphatic heterocycles. The molecule has 0 fully saturated rings. The van der Waals surface area contributed by atoms with E-state index in [-0.39, 0.29) is 17.2 Å². The van der Waals surface area contributed by atoms with Crippen molar-refractivity contribution in [1.82, 2.24) is 0 Å². The molecule has 1 rings (SSSR count). The van der Waals surface area contributed by atoms with Gasteiger partial charge < -0.3 is 0 Å². The Hall–Kier alpha value is -0.550. The predicted octanol–water partition coefficient (Wildman–Crippen LogP) is 4.47. The van der Waals surface area contributed by atoms with Gasteiger partial charge in [-0.1, -0.05) is 28.1 Å². The smallest absolute Gasteiger partial charge is 0.298 e. The Kier molecular flexibility index (Phi) is 4.61. The summed E-state index contributed by atoms with van der Waals surface area (Å²) in [4.78, 5) is 10.2. The Morgan fingerprint density at radius 3 is 2.47 bits per heavy atom. The van der Waals surface area contributed by atoms with Crippen molar-refractivity contribution in [2.75, 3.05) is 0 Å². The van der Waals surface area contributed by atoms with Crippen LogP contribution in [0.3, 0.4) is 0 Å². The first kappa shape index (κ1) is 14.5. The average molecular weight is 330 g/mol. The third-order valence-electron chi connectivity index (χ3n) is 2.21. The zero-order valence-electron chi connectivity index (χ0n) is 8.81. The number of halogens is 5. The fraction of sp³-hybridized carbons (Fsp3) is 0.364. The lowest BCUT2D eigenvalue weighted by atomic mass is 10.00. The topological polar surface area (TPSA) is 17.1 Å². The van der Waals surface area contributed by atoms with Gasteiger partial charge >= 0.3 is 6.18 Å². The van der Waals surface area contributed by atoms with Gasteiger partial charge in [0.1, 0.15) is 5.78 Å². The first-order valence-electron chi connectivity index (χ1n) is 4.68. The van der Waals surface area contributed by atoms with Gasteiger partial charge in [0.2, 0.25) is 0 Å². The second-order valence-electron chi connectivity index (χ2n) is 3.53. The van der Waals surface area contributed by atoms with E-state index in [4.69, 9.17) is 11.6 Å². The van der Waals surface area contributed by atoms with Gasteiger partial charge in [0.05, 0.1) is 10.4 Å². The molecule has 0 saturated heterocycles. The lowest BCUT2D eigenvalue weighted by Crippen LogP contribution is -2.13. The molecule has 0 N–H and O–H groups in total. The molecule has 0 aliphatic carbocycles. The Morgan fingerprint density at radius 2 is 2.06 bits per heavy atom. The predicted molar refractivity (Wildman–Crippen MR) is 63.4 cm³/mol. The van der Waals surface area contributed by atoms with Gasteiger partial charge in [-0.2, -0.15) is 13.2 Å². The molecule has 0 amide bonds. The summed E-state index contributed by atoms with van der Waals surface area (Å²) in [6.07, 6.45) is -4.50. The molecule has 1 aromatic carbocycles. The van der Waals surface area contributed by atoms with Gasteiger partial charge in [0.25, 0.3) is 0 Å². The molecule has 1 nitrogen and oxygen atoms in total. The minimum atomic E-state index is -4.50. The highest BCUT2D eigenvalue weighted by Crippen LogP contribution is 2.38. The molecule has 0 saturated carbocycles. The van der Waals surface area contributed by atoms with Crippen LogP contribution in [0, 0.1) is 0 Å². The van der Waals surface area contributed by atoms with Crippen LogP contribution in [0.1, 0.15) is 28.4 Å². The molecule has 0 aromatic heterocycles. The van der Waals surface area contributed by atoms with Gasteiger partial charge in [-0.15, -0.1) is 11.6 Å². The number of hydrogen-bond donors (Lipinski definition) is 0. The van der Waals surface area contributed by atoms with Crippen molar-refractivity contribution in [2.45, 2.75) is 23.8 Å². The van der Waals surface area contributed by atoms with Gasteiger partial charge in [-0.25, -0.2) is 0 Å². The number of hydrogen-bond acceptors (Lipinski definition) is 1. The molecule has 0 spiro atoms. The standard InChI is InChI=1S/C11H9BrClF3O/c1-6(17)10(12)8-3-2-7(5-13)4-9(8)11(14,15)16/h2-4,10H,5H2,1H3. The molecule has 6 heteroatoms. The van der Waals surface area contributed by atoms with E-state index in [1.807, 2.05) is 0 Å². The van der Waals surface area contributed by atoms with E-state index in [1.54, 1.807) is 0 Å². The molecule has 1 unspecified atom stereocenters. The van der Waals surface area contributed by atoms with Crippen molar-refractivity contribution < 1.29 is 18.0 Å². The Bertz CT molecular complexity index is 431. The summed E-state index contributed by atoms with van der Waals surface area (Å²) in [7, 11) is 0. The zero-order chi connectivity index (χ0) is 13.2. The number of ketones is 1. The fourth-order valence-electron chi connectivity index (χ4n) is 1.37. The number of carbonyl (C=O) groups is 1. The van der Waals surface area contributed by atoms with E-state index in [0.29, 0.717) is 5.56 Å². The second kappa shape index (κ2) is 5.40. The minimum absolute atomic E-state index is 0.00359. The van der Waals surface area contributed by atoms with Crippen LogP contribution in [0.2, 0.25) is 0 Å². The van der Waals surface area contributed by atoms with Crippen LogP contribution in [0.25, 0.3) is 0 Å². The first-order valence-corrected chi connectivity index (χ1v) is 6.13. The van der Waals surface area contributed by atoms with Crippen molar-refractivity contribution in [3.8, 4) is 0 Å². The van der Waals surface area contributed by atoms with E-state index in [9.17, 15) is 18.0 Å². The maximum absolute atomic E-state index is 12.8. The molecule has 0 bridgehead atoms. The highest BCUT2D eigenvalue weighted by atomic mass is 79.9. The van der Waals surface area contributed by atoms with Crippen LogP contribution < -0.4 is 0 Å². The Morgan fingerprint density at radius 1 is 1.47 bits per heavy atom. The molecule has 1 aromatic rings. The van der Waals surface area contributed by atoms with Crippen molar-refractivity contribution in [1.29, 1.82) is 0 Å². The third kappa shape index (κ3) is 3.45. The molecule has 0 radical (unpaired) electrons. The molecular weight excluding hydrogens is 320 g/mol. The van der Waals surface area contributed by atoms with Crippen LogP contribution in [-0.4, -0.2) is 5.78 Å². The van der Waals surface area contributed by atoms with Gasteiger partial charge in [-0.05, 0) is 24.1 Å². The maximum atomic E-state index is 12.8. The van der Waals surface area contributed by atoms with Crippen molar-refractivity contribution in [3.05, 3.63) is 34.9 Å². The second-order valence-corrected chi connectivity index (χ2v) is 4.71. The summed E-state index contributed by atoms with van der Waals surface area (Å²) in [6, 6.07) is 3.73. The van der Waals surface area contributed by atoms with Crippen LogP contribution >= 0.6 is 27.5 Å². The normalized spacial score (nSPS) is 13.5. The number of benzene rings is 1. The molecule has 0 heterocycles. The molecular formula is C11H9BrClF3O. The molecule has 0 aliphatic rings. The Labute approximate surface area is 110 Å². The SMILES string of the molecule is CC(=O)C(Br)c1ccc(CCl)cc1C(F)(F)F. The number of carbonyl (C=O) groups excluding carboxylic acids is 1. The first-order chi connectivity index (χ1) is 7.77. The van der Waals surface area contributed by atoms with Gasteiger partial charge in [-0.3, -0.25) is 4.79 Å². The summed E-state index contributed by atoms with van der Waals surface area (Å²) in [5, 5.41) is 0. The highest BCUT2D eigenvalue weighted by molar-refractivity contribution is 9.09. The molecule has 94 valence electrons. The van der Waals surface area contributed by atoms with Crippen LogP contribution in [0.4, 0.5) is 13.2 Å². The number of rotatable bonds is 3. The van der Waals surface area contributed by atoms with Crippen molar-refractivity contribution in [3.63, 3.8) is 0 Å². The molecule has 1 atom stereocenters. The lowest BCUT2D eigenvalue weighted by Gasteiger charge is -2.16. The fourth-order valence-corrected chi connectivity index (χ4v) is 1.94. The summed E-state index contributed by atoms with van der Waals surface area (Å²) in [6.45, 7) is 1.23. The van der Waals surface area contributed by atoms with E-state index in [1.165, 1.54) is 19.1 Å². The lowest BCUT2D eigenvalue weighted by molar-refractivity contribution is -0.138. The van der Waals surface area contributed by atoms with E-state index < -0.39 is 16.6 Å². The van der Waals surface area contributed by atoms with Crippen LogP contribution in [0.5, 0.6) is 0 Å². The quantitative estimate of drug-likeness (QED) is 0.748. The average Bonchev–Trinajstić information content (AvgIpc) is 2.26. The molecule has 17 heavy (non-hydrogen) atoms. The minimum Gasteiger partial charge on any atom is -0.298 e. The third-order valence-corrected chi connectivity index (χ3v) is 3.65. The van der Waals surface area contributed by atoms with Crippen molar-refractivity contribution in [2.24, 2.45) is 0 Å². The van der Waals surface area contributed by atoms with E-state index in [2.05, 4.69) is 15.9 Å².